The Hall–Kier alpha value is -5.00. The number of methoxy groups -OCH3 is 1. The number of carboxylic acid groups (broad SMARTS) is 2. The first-order valence-electron chi connectivity index (χ1n) is 9.63. The summed E-state index contributed by atoms with van der Waals surface area (Å²) in [6.07, 6.45) is -0.907. The van der Waals surface area contributed by atoms with Crippen molar-refractivity contribution < 1.29 is 58.9 Å². The molecule has 2 aromatic rings. The van der Waals surface area contributed by atoms with Gasteiger partial charge in [0.2, 0.25) is 12.2 Å². The molecule has 0 bridgehead atoms. The van der Waals surface area contributed by atoms with Crippen LogP contribution in [0.25, 0.3) is 12.2 Å². The molecular formula is C23H20O12. The average Bonchev–Trinajstić information content (AvgIpc) is 2.81. The van der Waals surface area contributed by atoms with E-state index in [0.29, 0.717) is 5.56 Å². The molecule has 0 aliphatic heterocycles. The Kier molecular flexibility index (Phi) is 8.81. The minimum Gasteiger partial charge on any atom is -0.504 e. The molecule has 184 valence electrons. The van der Waals surface area contributed by atoms with E-state index in [-0.39, 0.29) is 17.1 Å². The van der Waals surface area contributed by atoms with Crippen molar-refractivity contribution in [3.8, 4) is 23.0 Å². The first-order chi connectivity index (χ1) is 16.5. The molecule has 0 spiro atoms. The van der Waals surface area contributed by atoms with E-state index in [1.54, 1.807) is 0 Å². The Morgan fingerprint density at radius 3 is 1.60 bits per heavy atom. The number of aromatic hydroxyl groups is 3. The second-order valence-electron chi connectivity index (χ2n) is 6.74. The number of carboxylic acids is 2. The largest absolute Gasteiger partial charge is 0.504 e. The van der Waals surface area contributed by atoms with Gasteiger partial charge in [-0.05, 0) is 47.5 Å². The van der Waals surface area contributed by atoms with E-state index in [1.807, 2.05) is 0 Å². The molecular weight excluding hydrogens is 468 g/mol. The Morgan fingerprint density at radius 1 is 0.714 bits per heavy atom. The molecule has 35 heavy (non-hydrogen) atoms. The Morgan fingerprint density at radius 2 is 1.17 bits per heavy atom. The summed E-state index contributed by atoms with van der Waals surface area (Å²) in [5.41, 5.74) is 0.608. The Balaban J connectivity index is 2.12. The lowest BCUT2D eigenvalue weighted by Gasteiger charge is -2.19. The number of ether oxygens (including phenoxy) is 3. The first kappa shape index (κ1) is 26.3. The molecule has 0 saturated heterocycles. The summed E-state index contributed by atoms with van der Waals surface area (Å²) in [5, 5.41) is 47.0. The summed E-state index contributed by atoms with van der Waals surface area (Å²) in [6, 6.07) is 7.64. The zero-order valence-corrected chi connectivity index (χ0v) is 18.0. The summed E-state index contributed by atoms with van der Waals surface area (Å²) in [6.45, 7) is 0. The highest BCUT2D eigenvalue weighted by Crippen LogP contribution is 2.27. The van der Waals surface area contributed by atoms with Crippen LogP contribution in [0.15, 0.2) is 48.6 Å². The molecule has 12 nitrogen and oxygen atoms in total. The van der Waals surface area contributed by atoms with Crippen LogP contribution in [-0.4, -0.2) is 68.7 Å². The van der Waals surface area contributed by atoms with Crippen molar-refractivity contribution in [2.24, 2.45) is 0 Å². The summed E-state index contributed by atoms with van der Waals surface area (Å²) in [5.74, 6) is -7.22. The third kappa shape index (κ3) is 7.53. The van der Waals surface area contributed by atoms with Gasteiger partial charge in [-0.3, -0.25) is 0 Å². The van der Waals surface area contributed by atoms with Gasteiger partial charge < -0.3 is 39.7 Å². The molecule has 0 aliphatic carbocycles. The average molecular weight is 488 g/mol. The zero-order valence-electron chi connectivity index (χ0n) is 18.0. The van der Waals surface area contributed by atoms with Crippen molar-refractivity contribution in [1.82, 2.24) is 0 Å². The quantitative estimate of drug-likeness (QED) is 0.184. The van der Waals surface area contributed by atoms with Gasteiger partial charge in [-0.2, -0.15) is 0 Å². The lowest BCUT2D eigenvalue weighted by atomic mass is 10.2. The molecule has 0 heterocycles. The van der Waals surface area contributed by atoms with Crippen LogP contribution < -0.4 is 4.74 Å². The highest BCUT2D eigenvalue weighted by molar-refractivity contribution is 5.93. The van der Waals surface area contributed by atoms with Crippen LogP contribution in [0.5, 0.6) is 23.0 Å². The number of benzene rings is 2. The van der Waals surface area contributed by atoms with E-state index >= 15 is 0 Å². The number of carbonyl (C=O) groups excluding carboxylic acids is 2. The molecule has 0 fully saturated rings. The number of hydrogen-bond acceptors (Lipinski definition) is 10. The molecule has 0 aliphatic rings. The SMILES string of the molecule is COc1cc(C=CC(=O)O[C@@H](C(=O)O)[C@H](OC(=O)C=Cc2ccc(O)c(O)c2)C(=O)O)ccc1O. The summed E-state index contributed by atoms with van der Waals surface area (Å²) in [7, 11) is 1.31. The van der Waals surface area contributed by atoms with Crippen LogP contribution in [0, 0.1) is 0 Å². The minimum absolute atomic E-state index is 0.109. The number of hydrogen-bond donors (Lipinski definition) is 5. The first-order valence-corrected chi connectivity index (χ1v) is 9.63. The number of aliphatic carboxylic acids is 2. The third-order valence-electron chi connectivity index (χ3n) is 4.27. The van der Waals surface area contributed by atoms with E-state index in [4.69, 9.17) is 4.74 Å². The van der Waals surface area contributed by atoms with Gasteiger partial charge in [-0.25, -0.2) is 19.2 Å². The van der Waals surface area contributed by atoms with Gasteiger partial charge in [-0.15, -0.1) is 0 Å². The van der Waals surface area contributed by atoms with Gasteiger partial charge in [0.1, 0.15) is 0 Å². The van der Waals surface area contributed by atoms with E-state index in [9.17, 15) is 44.7 Å². The van der Waals surface area contributed by atoms with Gasteiger partial charge in [0.15, 0.2) is 23.0 Å². The van der Waals surface area contributed by atoms with Gasteiger partial charge in [0.05, 0.1) is 7.11 Å². The summed E-state index contributed by atoms with van der Waals surface area (Å²) >= 11 is 0. The third-order valence-corrected chi connectivity index (χ3v) is 4.27. The topological polar surface area (TPSA) is 197 Å². The predicted octanol–water partition coefficient (Wildman–Crippen LogP) is 1.53. The number of rotatable bonds is 10. The van der Waals surface area contributed by atoms with E-state index < -0.39 is 47.6 Å². The maximum absolute atomic E-state index is 12.1. The van der Waals surface area contributed by atoms with Crippen LogP contribution in [0.1, 0.15) is 11.1 Å². The number of phenolic OH excluding ortho intramolecular Hbond substituents is 3. The van der Waals surface area contributed by atoms with E-state index in [2.05, 4.69) is 9.47 Å². The lowest BCUT2D eigenvalue weighted by molar-refractivity contribution is -0.183. The molecule has 0 saturated carbocycles. The fourth-order valence-corrected chi connectivity index (χ4v) is 2.58. The molecule has 0 radical (unpaired) electrons. The van der Waals surface area contributed by atoms with Crippen LogP contribution in [0.4, 0.5) is 0 Å². The molecule has 0 amide bonds. The van der Waals surface area contributed by atoms with Gasteiger partial charge in [0, 0.05) is 12.2 Å². The molecule has 2 rings (SSSR count). The van der Waals surface area contributed by atoms with Crippen LogP contribution >= 0.6 is 0 Å². The van der Waals surface area contributed by atoms with Crippen LogP contribution in [0.2, 0.25) is 0 Å². The van der Waals surface area contributed by atoms with Gasteiger partial charge in [-0.1, -0.05) is 12.1 Å². The van der Waals surface area contributed by atoms with Crippen molar-refractivity contribution >= 4 is 36.0 Å². The second kappa shape index (κ2) is 11.7. The van der Waals surface area contributed by atoms with Crippen molar-refractivity contribution in [3.63, 3.8) is 0 Å². The van der Waals surface area contributed by atoms with Crippen molar-refractivity contribution in [2.45, 2.75) is 12.2 Å². The fraction of sp³-hybridized carbons (Fsp3) is 0.130. The van der Waals surface area contributed by atoms with Crippen molar-refractivity contribution in [2.75, 3.05) is 7.11 Å². The molecule has 0 unspecified atom stereocenters. The maximum atomic E-state index is 12.1. The van der Waals surface area contributed by atoms with Crippen LogP contribution in [-0.2, 0) is 28.7 Å². The van der Waals surface area contributed by atoms with E-state index in [1.165, 1.54) is 37.5 Å². The standard InChI is InChI=1S/C23H20O12/c1-33-17-11-13(3-7-15(17)25)5-9-19(28)35-21(23(31)32)20(22(29)30)34-18(27)8-4-12-2-6-14(24)16(26)10-12/h2-11,20-21,24-26H,1H3,(H,29,30)(H,31,32)/t20-,21+/m0/s1. The maximum Gasteiger partial charge on any atom is 0.349 e. The number of carbonyl (C=O) groups is 4. The van der Waals surface area contributed by atoms with Gasteiger partial charge in [0.25, 0.3) is 0 Å². The predicted molar refractivity (Wildman–Crippen MR) is 118 cm³/mol. The zero-order chi connectivity index (χ0) is 26.1. The minimum atomic E-state index is -2.39. The lowest BCUT2D eigenvalue weighted by Crippen LogP contribution is -2.45. The number of phenols is 3. The monoisotopic (exact) mass is 488 g/mol. The molecule has 2 aromatic carbocycles. The Labute approximate surface area is 197 Å². The summed E-state index contributed by atoms with van der Waals surface area (Å²) in [4.78, 5) is 47.2. The molecule has 0 aromatic heterocycles. The molecule has 2 atom stereocenters. The van der Waals surface area contributed by atoms with Crippen LogP contribution in [0.3, 0.4) is 0 Å². The highest BCUT2D eigenvalue weighted by Gasteiger charge is 2.40. The van der Waals surface area contributed by atoms with E-state index in [0.717, 1.165) is 30.4 Å². The van der Waals surface area contributed by atoms with Crippen molar-refractivity contribution in [1.29, 1.82) is 0 Å². The molecule has 12 heteroatoms. The normalized spacial score (nSPS) is 12.7. The van der Waals surface area contributed by atoms with Gasteiger partial charge >= 0.3 is 23.9 Å². The highest BCUT2D eigenvalue weighted by atomic mass is 16.6. The smallest absolute Gasteiger partial charge is 0.349 e. The fourth-order valence-electron chi connectivity index (χ4n) is 2.58. The Bertz CT molecular complexity index is 1180. The number of esters is 2. The summed E-state index contributed by atoms with van der Waals surface area (Å²) < 4.78 is 14.3. The van der Waals surface area contributed by atoms with Crippen molar-refractivity contribution in [3.05, 3.63) is 59.7 Å². The molecule has 5 N–H and O–H groups in total. The second-order valence-corrected chi connectivity index (χ2v) is 6.74.